The van der Waals surface area contributed by atoms with E-state index in [4.69, 9.17) is 4.42 Å². The van der Waals surface area contributed by atoms with Crippen LogP contribution in [0, 0.1) is 14.1 Å². The Morgan fingerprint density at radius 3 is 2.19 bits per heavy atom. The van der Waals surface area contributed by atoms with Gasteiger partial charge < -0.3 is 0 Å². The van der Waals surface area contributed by atoms with Crippen LogP contribution in [0.5, 0.6) is 0 Å². The quantitative estimate of drug-likeness (QED) is 0.294. The van der Waals surface area contributed by atoms with Gasteiger partial charge in [0, 0.05) is 0 Å². The topological polar surface area (TPSA) is 73.6 Å². The standard InChI is InChI=1S/C17H12F3IO5S/c1-11-2-6-13(7-3-11)21(26-27(23,24)17(18,19)20)14-8-4-12-5-9-16(22)25-15(12)10-14/h2-10H,1H3. The maximum absolute atomic E-state index is 12.8. The van der Waals surface area contributed by atoms with E-state index in [9.17, 15) is 26.4 Å². The molecular formula is C17H12F3IO5S. The van der Waals surface area contributed by atoms with Crippen LogP contribution >= 0.6 is 20.2 Å². The summed E-state index contributed by atoms with van der Waals surface area (Å²) in [5.41, 5.74) is -5.16. The molecule has 0 atom stereocenters. The maximum atomic E-state index is 12.8. The molecule has 10 heteroatoms. The number of halogens is 4. The number of rotatable bonds is 4. The molecule has 0 unspecified atom stereocenters. The molecule has 0 saturated heterocycles. The van der Waals surface area contributed by atoms with Gasteiger partial charge in [0.15, 0.2) is 0 Å². The second-order valence-electron chi connectivity index (χ2n) is 5.44. The fourth-order valence-corrected chi connectivity index (χ4v) is 8.57. The molecular weight excluding hydrogens is 500 g/mol. The van der Waals surface area contributed by atoms with Crippen molar-refractivity contribution in [2.45, 2.75) is 12.4 Å². The van der Waals surface area contributed by atoms with Gasteiger partial charge in [-0.1, -0.05) is 0 Å². The first-order valence-corrected chi connectivity index (χ1v) is 11.8. The zero-order valence-corrected chi connectivity index (χ0v) is 16.6. The molecule has 27 heavy (non-hydrogen) atoms. The summed E-state index contributed by atoms with van der Waals surface area (Å²) in [5.74, 6) is 0. The van der Waals surface area contributed by atoms with Crippen LogP contribution in [0.3, 0.4) is 0 Å². The van der Waals surface area contributed by atoms with Gasteiger partial charge in [-0.05, 0) is 0 Å². The third-order valence-electron chi connectivity index (χ3n) is 3.42. The molecule has 1 aromatic heterocycles. The van der Waals surface area contributed by atoms with Crippen molar-refractivity contribution >= 4 is 41.3 Å². The average Bonchev–Trinajstić information content (AvgIpc) is 2.59. The van der Waals surface area contributed by atoms with Crippen molar-refractivity contribution in [3.63, 3.8) is 0 Å². The second-order valence-corrected chi connectivity index (χ2v) is 11.9. The number of fused-ring (bicyclic) bond motifs is 1. The first kappa shape index (κ1) is 19.8. The monoisotopic (exact) mass is 512 g/mol. The fourth-order valence-electron chi connectivity index (χ4n) is 2.11. The predicted octanol–water partition coefficient (Wildman–Crippen LogP) is 4.43. The number of aryl methyl sites for hydroxylation is 1. The van der Waals surface area contributed by atoms with Crippen molar-refractivity contribution in [2.24, 2.45) is 0 Å². The van der Waals surface area contributed by atoms with Crippen molar-refractivity contribution in [3.8, 4) is 0 Å². The molecule has 0 aliphatic carbocycles. The van der Waals surface area contributed by atoms with E-state index in [2.05, 4.69) is 2.51 Å². The molecule has 0 bridgehead atoms. The van der Waals surface area contributed by atoms with Gasteiger partial charge >= 0.3 is 160 Å². The van der Waals surface area contributed by atoms with Crippen LogP contribution in [-0.4, -0.2) is 13.9 Å². The number of benzene rings is 2. The van der Waals surface area contributed by atoms with Crippen molar-refractivity contribution in [1.82, 2.24) is 0 Å². The van der Waals surface area contributed by atoms with Gasteiger partial charge in [0.25, 0.3) is 0 Å². The molecule has 0 amide bonds. The summed E-state index contributed by atoms with van der Waals surface area (Å²) < 4.78 is 72.1. The molecule has 5 nitrogen and oxygen atoms in total. The minimum atomic E-state index is -5.79. The first-order valence-electron chi connectivity index (χ1n) is 7.39. The molecule has 0 radical (unpaired) electrons. The van der Waals surface area contributed by atoms with Gasteiger partial charge in [-0.15, -0.1) is 0 Å². The molecule has 144 valence electrons. The van der Waals surface area contributed by atoms with Crippen LogP contribution in [0.15, 0.2) is 63.8 Å². The summed E-state index contributed by atoms with van der Waals surface area (Å²) in [6.45, 7) is 1.79. The molecule has 0 fully saturated rings. The minimum absolute atomic E-state index is 0.141. The Morgan fingerprint density at radius 1 is 0.963 bits per heavy atom. The summed E-state index contributed by atoms with van der Waals surface area (Å²) in [7, 11) is -5.79. The van der Waals surface area contributed by atoms with Gasteiger partial charge in [-0.2, -0.15) is 0 Å². The average molecular weight is 512 g/mol. The predicted molar refractivity (Wildman–Crippen MR) is 101 cm³/mol. The molecule has 3 rings (SSSR count). The van der Waals surface area contributed by atoms with Crippen LogP contribution < -0.4 is 5.63 Å². The molecule has 3 aromatic rings. The van der Waals surface area contributed by atoms with Gasteiger partial charge in [0.2, 0.25) is 0 Å². The van der Waals surface area contributed by atoms with Crippen LogP contribution in [0.1, 0.15) is 5.56 Å². The molecule has 0 aliphatic rings. The van der Waals surface area contributed by atoms with E-state index in [0.717, 1.165) is 5.56 Å². The molecule has 2 aromatic carbocycles. The van der Waals surface area contributed by atoms with E-state index in [0.29, 0.717) is 8.96 Å². The number of hydrogen-bond acceptors (Lipinski definition) is 5. The summed E-state index contributed by atoms with van der Waals surface area (Å²) in [6, 6.07) is 13.5. The van der Waals surface area contributed by atoms with Crippen LogP contribution in [0.4, 0.5) is 13.2 Å². The summed E-state index contributed by atoms with van der Waals surface area (Å²) >= 11 is -3.51. The summed E-state index contributed by atoms with van der Waals surface area (Å²) in [4.78, 5) is 11.4. The Hall–Kier alpha value is -1.92. The zero-order chi connectivity index (χ0) is 19.8. The van der Waals surface area contributed by atoms with Crippen molar-refractivity contribution < 1.29 is 28.5 Å². The van der Waals surface area contributed by atoms with Crippen molar-refractivity contribution in [2.75, 3.05) is 0 Å². The SMILES string of the molecule is Cc1ccc(I(OS(=O)(=O)C(F)(F)F)c2ccc3ccc(=O)oc3c2)cc1. The van der Waals surface area contributed by atoms with E-state index < -0.39 is 41.5 Å². The van der Waals surface area contributed by atoms with E-state index in [1.165, 1.54) is 42.5 Å². The Balaban J connectivity index is 2.14. The number of hydrogen-bond donors (Lipinski definition) is 0. The summed E-state index contributed by atoms with van der Waals surface area (Å²) in [5, 5.41) is 0.553. The molecule has 0 aliphatic heterocycles. The first-order chi connectivity index (χ1) is 12.6. The van der Waals surface area contributed by atoms with Crippen LogP contribution in [-0.2, 0) is 12.6 Å². The fraction of sp³-hybridized carbons (Fsp3) is 0.118. The van der Waals surface area contributed by atoms with E-state index >= 15 is 0 Å². The molecule has 0 spiro atoms. The van der Waals surface area contributed by atoms with E-state index in [-0.39, 0.29) is 9.15 Å². The third kappa shape index (κ3) is 4.33. The molecule has 0 saturated carbocycles. The zero-order valence-electron chi connectivity index (χ0n) is 13.7. The Labute approximate surface area is 159 Å². The van der Waals surface area contributed by atoms with Gasteiger partial charge in [-0.3, -0.25) is 0 Å². The van der Waals surface area contributed by atoms with Gasteiger partial charge in [0.1, 0.15) is 0 Å². The third-order valence-corrected chi connectivity index (χ3v) is 10.4. The molecule has 0 N–H and O–H groups in total. The Kier molecular flexibility index (Phi) is 5.32. The van der Waals surface area contributed by atoms with E-state index in [1.54, 1.807) is 19.1 Å². The van der Waals surface area contributed by atoms with Crippen LogP contribution in [0.2, 0.25) is 0 Å². The van der Waals surface area contributed by atoms with Crippen molar-refractivity contribution in [1.29, 1.82) is 0 Å². The second kappa shape index (κ2) is 7.24. The van der Waals surface area contributed by atoms with E-state index in [1.807, 2.05) is 0 Å². The summed E-state index contributed by atoms with van der Waals surface area (Å²) in [6.07, 6.45) is 0. The molecule has 1 heterocycles. The number of alkyl halides is 3. The van der Waals surface area contributed by atoms with Gasteiger partial charge in [-0.25, -0.2) is 0 Å². The Bertz CT molecular complexity index is 1140. The van der Waals surface area contributed by atoms with Crippen LogP contribution in [0.25, 0.3) is 11.0 Å². The van der Waals surface area contributed by atoms with Gasteiger partial charge in [0.05, 0.1) is 0 Å². The van der Waals surface area contributed by atoms with Crippen molar-refractivity contribution in [3.05, 3.63) is 77.7 Å². The normalized spacial score (nSPS) is 13.0. The Morgan fingerprint density at radius 2 is 1.56 bits per heavy atom.